The van der Waals surface area contributed by atoms with Gasteiger partial charge in [0.1, 0.15) is 0 Å². The highest BCUT2D eigenvalue weighted by molar-refractivity contribution is 7.89. The van der Waals surface area contributed by atoms with Crippen molar-refractivity contribution in [2.45, 2.75) is 102 Å². The number of hydrogen-bond acceptors (Lipinski definition) is 3. The first-order valence-corrected chi connectivity index (χ1v) is 16.7. The third-order valence-electron chi connectivity index (χ3n) is 8.77. The van der Waals surface area contributed by atoms with Crippen molar-refractivity contribution in [3.8, 4) is 0 Å². The predicted octanol–water partition coefficient (Wildman–Crippen LogP) is 7.85. The van der Waals surface area contributed by atoms with Gasteiger partial charge in [-0.15, -0.1) is 0 Å². The molecule has 0 aromatic heterocycles. The van der Waals surface area contributed by atoms with Gasteiger partial charge in [-0.25, -0.2) is 8.42 Å². The molecule has 1 fully saturated rings. The fourth-order valence-corrected chi connectivity index (χ4v) is 7.98. The highest BCUT2D eigenvalue weighted by Gasteiger charge is 2.44. The molecule has 0 spiro atoms. The van der Waals surface area contributed by atoms with E-state index in [-0.39, 0.29) is 22.3 Å². The lowest BCUT2D eigenvalue weighted by Gasteiger charge is -2.41. The Morgan fingerprint density at radius 1 is 0.786 bits per heavy atom. The molecule has 2 unspecified atom stereocenters. The van der Waals surface area contributed by atoms with Crippen LogP contribution in [0, 0.1) is 13.8 Å². The molecule has 2 aliphatic rings. The zero-order valence-corrected chi connectivity index (χ0v) is 26.4. The summed E-state index contributed by atoms with van der Waals surface area (Å²) in [6.45, 7) is 10.5. The summed E-state index contributed by atoms with van der Waals surface area (Å²) < 4.78 is 31.0. The Labute approximate surface area is 252 Å². The second kappa shape index (κ2) is 12.2. The number of aryl methyl sites for hydroxylation is 2. The first kappa shape index (κ1) is 30.2. The number of rotatable bonds is 6. The van der Waals surface area contributed by atoms with Gasteiger partial charge >= 0.3 is 0 Å². The van der Waals surface area contributed by atoms with E-state index in [1.807, 2.05) is 68.5 Å². The van der Waals surface area contributed by atoms with Gasteiger partial charge in [-0.05, 0) is 67.3 Å². The van der Waals surface area contributed by atoms with Crippen molar-refractivity contribution < 1.29 is 13.2 Å². The van der Waals surface area contributed by atoms with Gasteiger partial charge < -0.3 is 5.32 Å². The van der Waals surface area contributed by atoms with E-state index < -0.39 is 22.1 Å². The molecular formula is C36H44N2O3S. The zero-order chi connectivity index (χ0) is 30.1. The van der Waals surface area contributed by atoms with Crippen LogP contribution in [0.15, 0.2) is 89.3 Å². The van der Waals surface area contributed by atoms with Gasteiger partial charge in [0.2, 0.25) is 15.9 Å². The summed E-state index contributed by atoms with van der Waals surface area (Å²) in [7, 11) is -4.01. The minimum absolute atomic E-state index is 0.0553. The molecule has 1 saturated carbocycles. The van der Waals surface area contributed by atoms with Gasteiger partial charge in [0.15, 0.2) is 0 Å². The number of hydrogen-bond donors (Lipinski definition) is 1. The number of amides is 1. The minimum Gasteiger partial charge on any atom is -0.350 e. The SMILES string of the molecule is Cc1ccc(C2CC=C(C(=O)NC3CCCCC3)C(c3ccc(C(C)(C)C)cc3)N2S(=O)(=O)c2ccc(C)cc2)cc1. The van der Waals surface area contributed by atoms with Crippen molar-refractivity contribution in [2.75, 3.05) is 0 Å². The molecule has 0 radical (unpaired) electrons. The maximum atomic E-state index is 14.7. The van der Waals surface area contributed by atoms with E-state index in [0.717, 1.165) is 53.5 Å². The van der Waals surface area contributed by atoms with Crippen LogP contribution >= 0.6 is 0 Å². The summed E-state index contributed by atoms with van der Waals surface area (Å²) in [5.74, 6) is -0.168. The van der Waals surface area contributed by atoms with E-state index in [4.69, 9.17) is 0 Å². The standard InChI is InChI=1S/C36H44N2O3S/c1-25-11-15-27(16-12-25)33-24-23-32(35(39)37-30-9-7-6-8-10-30)34(28-17-19-29(20-18-28)36(3,4)5)38(33)42(40,41)31-21-13-26(2)14-22-31/h11-23,30,33-34H,6-10,24H2,1-5H3,(H,37,39). The number of carbonyl (C=O) groups is 1. The maximum Gasteiger partial charge on any atom is 0.249 e. The van der Waals surface area contributed by atoms with Crippen LogP contribution in [0.25, 0.3) is 0 Å². The maximum absolute atomic E-state index is 14.7. The van der Waals surface area contributed by atoms with Gasteiger partial charge in [-0.2, -0.15) is 4.31 Å². The first-order chi connectivity index (χ1) is 19.9. The lowest BCUT2D eigenvalue weighted by atomic mass is 9.84. The van der Waals surface area contributed by atoms with Crippen LogP contribution < -0.4 is 5.32 Å². The summed E-state index contributed by atoms with van der Waals surface area (Å²) in [6, 6.07) is 22.1. The number of sulfonamides is 1. The van der Waals surface area contributed by atoms with Crippen LogP contribution in [0.4, 0.5) is 0 Å². The zero-order valence-electron chi connectivity index (χ0n) is 25.6. The molecule has 6 heteroatoms. The second-order valence-electron chi connectivity index (χ2n) is 13.1. The quantitative estimate of drug-likeness (QED) is 0.321. The van der Waals surface area contributed by atoms with Crippen LogP contribution in [0.3, 0.4) is 0 Å². The lowest BCUT2D eigenvalue weighted by Crippen LogP contribution is -2.46. The highest BCUT2D eigenvalue weighted by atomic mass is 32.2. The molecule has 222 valence electrons. The van der Waals surface area contributed by atoms with E-state index in [9.17, 15) is 13.2 Å². The van der Waals surface area contributed by atoms with E-state index in [1.165, 1.54) is 6.42 Å². The molecule has 5 nitrogen and oxygen atoms in total. The number of carbonyl (C=O) groups excluding carboxylic acids is 1. The average molecular weight is 585 g/mol. The molecule has 1 N–H and O–H groups in total. The normalized spacial score (nSPS) is 20.6. The van der Waals surface area contributed by atoms with Gasteiger partial charge in [-0.3, -0.25) is 4.79 Å². The average Bonchev–Trinajstić information content (AvgIpc) is 2.97. The Bertz CT molecular complexity index is 1530. The van der Waals surface area contributed by atoms with Crippen molar-refractivity contribution in [3.05, 3.63) is 112 Å². The van der Waals surface area contributed by atoms with Crippen LogP contribution in [0.5, 0.6) is 0 Å². The van der Waals surface area contributed by atoms with Crippen molar-refractivity contribution in [1.29, 1.82) is 0 Å². The number of nitrogens with zero attached hydrogens (tertiary/aromatic N) is 1. The highest BCUT2D eigenvalue weighted by Crippen LogP contribution is 2.46. The summed E-state index contributed by atoms with van der Waals surface area (Å²) in [5, 5.41) is 3.28. The van der Waals surface area contributed by atoms with Crippen molar-refractivity contribution in [2.24, 2.45) is 0 Å². The van der Waals surface area contributed by atoms with Gasteiger partial charge in [0.05, 0.1) is 17.0 Å². The molecule has 5 rings (SSSR count). The Kier molecular flexibility index (Phi) is 8.77. The summed E-state index contributed by atoms with van der Waals surface area (Å²) in [4.78, 5) is 14.2. The van der Waals surface area contributed by atoms with Crippen LogP contribution in [-0.2, 0) is 20.2 Å². The Morgan fingerprint density at radius 2 is 1.33 bits per heavy atom. The van der Waals surface area contributed by atoms with Gasteiger partial charge in [0, 0.05) is 11.6 Å². The van der Waals surface area contributed by atoms with E-state index in [0.29, 0.717) is 12.0 Å². The van der Waals surface area contributed by atoms with Crippen molar-refractivity contribution in [1.82, 2.24) is 9.62 Å². The first-order valence-electron chi connectivity index (χ1n) is 15.2. The monoisotopic (exact) mass is 584 g/mol. The molecule has 1 heterocycles. The smallest absolute Gasteiger partial charge is 0.249 e. The number of nitrogens with one attached hydrogen (secondary N) is 1. The number of benzene rings is 3. The van der Waals surface area contributed by atoms with E-state index in [1.54, 1.807) is 16.4 Å². The molecular weight excluding hydrogens is 540 g/mol. The summed E-state index contributed by atoms with van der Waals surface area (Å²) >= 11 is 0. The van der Waals surface area contributed by atoms with Gasteiger partial charge in [0.25, 0.3) is 0 Å². The van der Waals surface area contributed by atoms with E-state index in [2.05, 4.69) is 38.2 Å². The van der Waals surface area contributed by atoms with Crippen LogP contribution in [0.1, 0.15) is 99.2 Å². The predicted molar refractivity (Wildman–Crippen MR) is 170 cm³/mol. The second-order valence-corrected chi connectivity index (χ2v) is 14.9. The topological polar surface area (TPSA) is 66.5 Å². The Balaban J connectivity index is 1.67. The van der Waals surface area contributed by atoms with Crippen molar-refractivity contribution >= 4 is 15.9 Å². The largest absolute Gasteiger partial charge is 0.350 e. The fraction of sp³-hybridized carbons (Fsp3) is 0.417. The minimum atomic E-state index is -4.01. The van der Waals surface area contributed by atoms with Crippen LogP contribution in [0.2, 0.25) is 0 Å². The lowest BCUT2D eigenvalue weighted by molar-refractivity contribution is -0.119. The molecule has 1 amide bonds. The van der Waals surface area contributed by atoms with Gasteiger partial charge in [-0.1, -0.05) is 118 Å². The molecule has 1 aliphatic carbocycles. The molecule has 42 heavy (non-hydrogen) atoms. The Morgan fingerprint density at radius 3 is 1.90 bits per heavy atom. The molecule has 1 aliphatic heterocycles. The molecule has 3 aromatic carbocycles. The third kappa shape index (κ3) is 6.40. The van der Waals surface area contributed by atoms with E-state index >= 15 is 0 Å². The summed E-state index contributed by atoms with van der Waals surface area (Å²) in [6.07, 6.45) is 7.71. The third-order valence-corrected chi connectivity index (χ3v) is 10.7. The molecule has 0 bridgehead atoms. The van der Waals surface area contributed by atoms with Crippen LogP contribution in [-0.4, -0.2) is 24.7 Å². The summed E-state index contributed by atoms with van der Waals surface area (Å²) in [5.41, 5.74) is 5.41. The molecule has 3 aromatic rings. The Hall–Kier alpha value is -3.22. The molecule has 2 atom stereocenters. The van der Waals surface area contributed by atoms with Crippen molar-refractivity contribution in [3.63, 3.8) is 0 Å². The fourth-order valence-electron chi connectivity index (χ4n) is 6.21. The molecule has 0 saturated heterocycles.